The molecule has 3 nitrogen and oxygen atoms in total. The molecule has 21 heavy (non-hydrogen) atoms. The van der Waals surface area contributed by atoms with Crippen molar-refractivity contribution in [1.82, 2.24) is 15.5 Å². The molecule has 0 spiro atoms. The number of hydrogen-bond acceptors (Lipinski definition) is 3. The standard InChI is InChI=1S/C16H19F2N3/c1-4-19-16(14-7-10(2)20-21-11(14)3)9-12-8-13(17)5-6-15(12)18/h5-8,16,19H,4,9H2,1-3H3. The Morgan fingerprint density at radius 3 is 2.62 bits per heavy atom. The molecule has 1 aromatic carbocycles. The number of rotatable bonds is 5. The number of halogens is 2. The van der Waals surface area contributed by atoms with Crippen LogP contribution >= 0.6 is 0 Å². The molecule has 5 heteroatoms. The highest BCUT2D eigenvalue weighted by Gasteiger charge is 2.17. The van der Waals surface area contributed by atoms with E-state index < -0.39 is 11.6 Å². The molecule has 0 saturated carbocycles. The van der Waals surface area contributed by atoms with Gasteiger partial charge >= 0.3 is 0 Å². The van der Waals surface area contributed by atoms with Crippen molar-refractivity contribution >= 4 is 0 Å². The molecule has 2 rings (SSSR count). The Labute approximate surface area is 123 Å². The van der Waals surface area contributed by atoms with Gasteiger partial charge < -0.3 is 5.32 Å². The quantitative estimate of drug-likeness (QED) is 0.919. The Morgan fingerprint density at radius 1 is 1.14 bits per heavy atom. The van der Waals surface area contributed by atoms with Crippen molar-refractivity contribution in [3.8, 4) is 0 Å². The summed E-state index contributed by atoms with van der Waals surface area (Å²) in [6.07, 6.45) is 0.364. The maximum atomic E-state index is 13.8. The molecule has 0 aliphatic heterocycles. The molecule has 0 aliphatic carbocycles. The summed E-state index contributed by atoms with van der Waals surface area (Å²) in [5.41, 5.74) is 2.92. The fourth-order valence-corrected chi connectivity index (χ4v) is 2.38. The van der Waals surface area contributed by atoms with E-state index in [1.807, 2.05) is 26.8 Å². The number of likely N-dealkylation sites (N-methyl/N-ethyl adjacent to an activating group) is 1. The van der Waals surface area contributed by atoms with Gasteiger partial charge in [0.25, 0.3) is 0 Å². The SMILES string of the molecule is CCNC(Cc1cc(F)ccc1F)c1cc(C)nnc1C. The molecule has 0 aliphatic rings. The van der Waals surface area contributed by atoms with Crippen molar-refractivity contribution in [2.24, 2.45) is 0 Å². The topological polar surface area (TPSA) is 37.8 Å². The van der Waals surface area contributed by atoms with Crippen LogP contribution in [0.25, 0.3) is 0 Å². The number of benzene rings is 1. The molecular weight excluding hydrogens is 272 g/mol. The predicted octanol–water partition coefficient (Wildman–Crippen LogP) is 3.26. The normalized spacial score (nSPS) is 12.4. The molecule has 0 saturated heterocycles. The predicted molar refractivity (Wildman–Crippen MR) is 78.0 cm³/mol. The fraction of sp³-hybridized carbons (Fsp3) is 0.375. The van der Waals surface area contributed by atoms with Gasteiger partial charge in [0.2, 0.25) is 0 Å². The van der Waals surface area contributed by atoms with E-state index in [4.69, 9.17) is 0 Å². The summed E-state index contributed by atoms with van der Waals surface area (Å²) < 4.78 is 27.2. The van der Waals surface area contributed by atoms with Crippen LogP contribution in [0.15, 0.2) is 24.3 Å². The van der Waals surface area contributed by atoms with Gasteiger partial charge in [0, 0.05) is 6.04 Å². The third-order valence-corrected chi connectivity index (χ3v) is 3.40. The van der Waals surface area contributed by atoms with E-state index in [2.05, 4.69) is 15.5 Å². The van der Waals surface area contributed by atoms with E-state index in [-0.39, 0.29) is 6.04 Å². The second kappa shape index (κ2) is 6.72. The monoisotopic (exact) mass is 291 g/mol. The summed E-state index contributed by atoms with van der Waals surface area (Å²) in [5, 5.41) is 11.4. The molecule has 0 fully saturated rings. The van der Waals surface area contributed by atoms with E-state index in [9.17, 15) is 8.78 Å². The van der Waals surface area contributed by atoms with Crippen molar-refractivity contribution in [3.05, 3.63) is 58.4 Å². The van der Waals surface area contributed by atoms with E-state index in [1.54, 1.807) is 0 Å². The number of aromatic nitrogens is 2. The van der Waals surface area contributed by atoms with E-state index in [1.165, 1.54) is 6.07 Å². The van der Waals surface area contributed by atoms with Gasteiger partial charge in [0.1, 0.15) is 11.6 Å². The lowest BCUT2D eigenvalue weighted by molar-refractivity contribution is 0.517. The molecule has 1 unspecified atom stereocenters. The van der Waals surface area contributed by atoms with Crippen molar-refractivity contribution in [2.45, 2.75) is 33.2 Å². The van der Waals surface area contributed by atoms with Crippen LogP contribution in [-0.4, -0.2) is 16.7 Å². The van der Waals surface area contributed by atoms with E-state index >= 15 is 0 Å². The zero-order valence-corrected chi connectivity index (χ0v) is 12.5. The third-order valence-electron chi connectivity index (χ3n) is 3.40. The second-order valence-electron chi connectivity index (χ2n) is 5.08. The molecule has 0 amide bonds. The molecule has 1 heterocycles. The van der Waals surface area contributed by atoms with Gasteiger partial charge in [-0.15, -0.1) is 0 Å². The molecule has 112 valence electrons. The summed E-state index contributed by atoms with van der Waals surface area (Å²) in [5.74, 6) is -0.821. The maximum absolute atomic E-state index is 13.8. The second-order valence-corrected chi connectivity index (χ2v) is 5.08. The Hall–Kier alpha value is -1.88. The highest BCUT2D eigenvalue weighted by molar-refractivity contribution is 5.28. The molecule has 0 radical (unpaired) electrons. The molecule has 1 atom stereocenters. The van der Waals surface area contributed by atoms with Gasteiger partial charge in [-0.2, -0.15) is 10.2 Å². The van der Waals surface area contributed by atoms with Gasteiger partial charge in [-0.3, -0.25) is 0 Å². The van der Waals surface area contributed by atoms with Crippen molar-refractivity contribution in [3.63, 3.8) is 0 Å². The number of aryl methyl sites for hydroxylation is 2. The minimum absolute atomic E-state index is 0.125. The molecule has 0 bridgehead atoms. The first-order valence-electron chi connectivity index (χ1n) is 6.99. The summed E-state index contributed by atoms with van der Waals surface area (Å²) in [4.78, 5) is 0. The van der Waals surface area contributed by atoms with Crippen molar-refractivity contribution < 1.29 is 8.78 Å². The first-order valence-corrected chi connectivity index (χ1v) is 6.99. The van der Waals surface area contributed by atoms with Crippen molar-refractivity contribution in [2.75, 3.05) is 6.54 Å². The van der Waals surface area contributed by atoms with Crippen LogP contribution in [-0.2, 0) is 6.42 Å². The smallest absolute Gasteiger partial charge is 0.126 e. The zero-order chi connectivity index (χ0) is 15.4. The first kappa shape index (κ1) is 15.5. The van der Waals surface area contributed by atoms with Crippen LogP contribution < -0.4 is 5.32 Å². The summed E-state index contributed by atoms with van der Waals surface area (Å²) in [6.45, 7) is 6.43. The number of nitrogens with zero attached hydrogens (tertiary/aromatic N) is 2. The number of hydrogen-bond donors (Lipinski definition) is 1. The molecule has 1 aromatic heterocycles. The summed E-state index contributed by atoms with van der Waals surface area (Å²) in [6, 6.07) is 5.35. The Morgan fingerprint density at radius 2 is 1.90 bits per heavy atom. The largest absolute Gasteiger partial charge is 0.310 e. The van der Waals surface area contributed by atoms with Gasteiger partial charge in [-0.1, -0.05) is 6.92 Å². The molecule has 2 aromatic rings. The first-order chi connectivity index (χ1) is 10.0. The Kier molecular flexibility index (Phi) is 4.96. The molecule has 1 N–H and O–H groups in total. The van der Waals surface area contributed by atoms with Gasteiger partial charge in [-0.25, -0.2) is 8.78 Å². The maximum Gasteiger partial charge on any atom is 0.126 e. The van der Waals surface area contributed by atoms with Crippen LogP contribution in [0, 0.1) is 25.5 Å². The van der Waals surface area contributed by atoms with Crippen LogP contribution in [0.1, 0.15) is 35.5 Å². The minimum atomic E-state index is -0.428. The lowest BCUT2D eigenvalue weighted by atomic mass is 9.97. The number of nitrogens with one attached hydrogen (secondary N) is 1. The van der Waals surface area contributed by atoms with Crippen LogP contribution in [0.2, 0.25) is 0 Å². The van der Waals surface area contributed by atoms with E-state index in [0.29, 0.717) is 12.0 Å². The lowest BCUT2D eigenvalue weighted by Crippen LogP contribution is -2.25. The van der Waals surface area contributed by atoms with Gasteiger partial charge in [0.15, 0.2) is 0 Å². The van der Waals surface area contributed by atoms with Gasteiger partial charge in [-0.05, 0) is 62.2 Å². The van der Waals surface area contributed by atoms with Crippen LogP contribution in [0.3, 0.4) is 0 Å². The lowest BCUT2D eigenvalue weighted by Gasteiger charge is -2.20. The average molecular weight is 291 g/mol. The van der Waals surface area contributed by atoms with E-state index in [0.717, 1.165) is 35.6 Å². The zero-order valence-electron chi connectivity index (χ0n) is 12.5. The highest BCUT2D eigenvalue weighted by Crippen LogP contribution is 2.23. The van der Waals surface area contributed by atoms with Crippen LogP contribution in [0.4, 0.5) is 8.78 Å². The third kappa shape index (κ3) is 3.82. The average Bonchev–Trinajstić information content (AvgIpc) is 2.45. The highest BCUT2D eigenvalue weighted by atomic mass is 19.1. The van der Waals surface area contributed by atoms with Crippen LogP contribution in [0.5, 0.6) is 0 Å². The van der Waals surface area contributed by atoms with Gasteiger partial charge in [0.05, 0.1) is 11.4 Å². The Bertz CT molecular complexity index is 629. The fourth-order valence-electron chi connectivity index (χ4n) is 2.38. The Balaban J connectivity index is 2.35. The molecular formula is C16H19F2N3. The minimum Gasteiger partial charge on any atom is -0.310 e. The summed E-state index contributed by atoms with van der Waals surface area (Å²) >= 11 is 0. The van der Waals surface area contributed by atoms with Crippen molar-refractivity contribution in [1.29, 1.82) is 0 Å². The summed E-state index contributed by atoms with van der Waals surface area (Å²) in [7, 11) is 0.